The summed E-state index contributed by atoms with van der Waals surface area (Å²) in [6, 6.07) is 0. The lowest BCUT2D eigenvalue weighted by molar-refractivity contribution is -0.142. The number of carbonyl (C=O) groups excluding carboxylic acids is 2. The highest BCUT2D eigenvalue weighted by Crippen LogP contribution is 2.22. The van der Waals surface area contributed by atoms with Crippen molar-refractivity contribution in [2.24, 2.45) is 0 Å². The third-order valence-electron chi connectivity index (χ3n) is 2.84. The van der Waals surface area contributed by atoms with Crippen LogP contribution in [0.3, 0.4) is 0 Å². The van der Waals surface area contributed by atoms with Gasteiger partial charge in [0.1, 0.15) is 17.9 Å². The standard InChI is InChI=1S/C15H23NO4/c1-7-11-9(2)13(14(18)20-15(4,5)6)16-12(11)8-19-10(3)17/h16H,7-8H2,1-6H3. The lowest BCUT2D eigenvalue weighted by Crippen LogP contribution is -2.24. The molecule has 1 heterocycles. The zero-order valence-electron chi connectivity index (χ0n) is 13.0. The molecule has 1 N–H and O–H groups in total. The number of hydrogen-bond donors (Lipinski definition) is 1. The molecule has 1 rings (SSSR count). The van der Waals surface area contributed by atoms with Gasteiger partial charge >= 0.3 is 11.9 Å². The van der Waals surface area contributed by atoms with Gasteiger partial charge < -0.3 is 14.5 Å². The molecule has 112 valence electrons. The predicted octanol–water partition coefficient (Wildman–Crippen LogP) is 2.90. The molecule has 0 aliphatic carbocycles. The minimum atomic E-state index is -0.545. The quantitative estimate of drug-likeness (QED) is 0.862. The number of H-pyrrole nitrogens is 1. The van der Waals surface area contributed by atoms with Gasteiger partial charge in [0.2, 0.25) is 0 Å². The molecule has 5 heteroatoms. The zero-order valence-corrected chi connectivity index (χ0v) is 13.0. The summed E-state index contributed by atoms with van der Waals surface area (Å²) >= 11 is 0. The molecular formula is C15H23NO4. The summed E-state index contributed by atoms with van der Waals surface area (Å²) in [5.41, 5.74) is 2.48. The molecule has 0 radical (unpaired) electrons. The van der Waals surface area contributed by atoms with Crippen LogP contribution in [-0.2, 0) is 27.3 Å². The molecule has 0 saturated carbocycles. The first-order valence-electron chi connectivity index (χ1n) is 6.72. The maximum atomic E-state index is 12.1. The number of ether oxygens (including phenoxy) is 2. The highest BCUT2D eigenvalue weighted by Gasteiger charge is 2.23. The van der Waals surface area contributed by atoms with Crippen molar-refractivity contribution in [3.63, 3.8) is 0 Å². The fourth-order valence-corrected chi connectivity index (χ4v) is 2.01. The minimum absolute atomic E-state index is 0.141. The molecule has 0 aromatic carbocycles. The third-order valence-corrected chi connectivity index (χ3v) is 2.84. The molecule has 0 aliphatic heterocycles. The second-order valence-corrected chi connectivity index (χ2v) is 5.72. The summed E-state index contributed by atoms with van der Waals surface area (Å²) < 4.78 is 10.4. The second kappa shape index (κ2) is 6.11. The highest BCUT2D eigenvalue weighted by molar-refractivity contribution is 5.90. The van der Waals surface area contributed by atoms with Gasteiger partial charge in [-0.15, -0.1) is 0 Å². The number of carbonyl (C=O) groups is 2. The molecule has 0 bridgehead atoms. The van der Waals surface area contributed by atoms with Crippen LogP contribution in [0.25, 0.3) is 0 Å². The van der Waals surface area contributed by atoms with Crippen LogP contribution in [0.2, 0.25) is 0 Å². The largest absolute Gasteiger partial charge is 0.459 e. The average Bonchev–Trinajstić information content (AvgIpc) is 2.60. The van der Waals surface area contributed by atoms with E-state index < -0.39 is 11.6 Å². The number of hydrogen-bond acceptors (Lipinski definition) is 4. The topological polar surface area (TPSA) is 68.4 Å². The lowest BCUT2D eigenvalue weighted by atomic mass is 10.1. The average molecular weight is 281 g/mol. The van der Waals surface area contributed by atoms with Crippen LogP contribution in [0.1, 0.15) is 61.9 Å². The van der Waals surface area contributed by atoms with E-state index in [0.29, 0.717) is 5.69 Å². The molecule has 0 unspecified atom stereocenters. The van der Waals surface area contributed by atoms with E-state index in [1.54, 1.807) is 0 Å². The Kier molecular flexibility index (Phi) is 4.98. The molecule has 0 spiro atoms. The van der Waals surface area contributed by atoms with Gasteiger partial charge in [-0.05, 0) is 45.2 Å². The Morgan fingerprint density at radius 2 is 1.85 bits per heavy atom. The minimum Gasteiger partial charge on any atom is -0.459 e. The maximum Gasteiger partial charge on any atom is 0.355 e. The van der Waals surface area contributed by atoms with Crippen LogP contribution >= 0.6 is 0 Å². The van der Waals surface area contributed by atoms with Crippen molar-refractivity contribution in [3.05, 3.63) is 22.5 Å². The Morgan fingerprint density at radius 3 is 2.30 bits per heavy atom. The van der Waals surface area contributed by atoms with E-state index in [-0.39, 0.29) is 12.6 Å². The van der Waals surface area contributed by atoms with Gasteiger partial charge in [0.15, 0.2) is 0 Å². The van der Waals surface area contributed by atoms with Crippen LogP contribution in [-0.4, -0.2) is 22.5 Å². The predicted molar refractivity (Wildman–Crippen MR) is 75.5 cm³/mol. The van der Waals surface area contributed by atoms with Gasteiger partial charge in [-0.3, -0.25) is 4.79 Å². The van der Waals surface area contributed by atoms with Crippen LogP contribution in [0, 0.1) is 6.92 Å². The summed E-state index contributed by atoms with van der Waals surface area (Å²) in [7, 11) is 0. The molecule has 0 saturated heterocycles. The van der Waals surface area contributed by atoms with Crippen molar-refractivity contribution in [3.8, 4) is 0 Å². The molecular weight excluding hydrogens is 258 g/mol. The number of esters is 2. The molecule has 0 aliphatic rings. The summed E-state index contributed by atoms with van der Waals surface area (Å²) in [4.78, 5) is 26.1. The zero-order chi connectivity index (χ0) is 15.5. The van der Waals surface area contributed by atoms with Crippen molar-refractivity contribution < 1.29 is 19.1 Å². The Balaban J connectivity index is 3.03. The van der Waals surface area contributed by atoms with Gasteiger partial charge in [0.25, 0.3) is 0 Å². The Labute approximate surface area is 119 Å². The fraction of sp³-hybridized carbons (Fsp3) is 0.600. The van der Waals surface area contributed by atoms with E-state index in [1.165, 1.54) is 6.92 Å². The van der Waals surface area contributed by atoms with Gasteiger partial charge in [0.05, 0.1) is 5.69 Å². The van der Waals surface area contributed by atoms with Crippen molar-refractivity contribution in [2.75, 3.05) is 0 Å². The molecule has 0 fully saturated rings. The van der Waals surface area contributed by atoms with E-state index in [9.17, 15) is 9.59 Å². The number of aromatic nitrogens is 1. The first-order valence-corrected chi connectivity index (χ1v) is 6.72. The first kappa shape index (κ1) is 16.3. The van der Waals surface area contributed by atoms with E-state index in [4.69, 9.17) is 9.47 Å². The number of aromatic amines is 1. The van der Waals surface area contributed by atoms with Crippen molar-refractivity contribution in [1.82, 2.24) is 4.98 Å². The highest BCUT2D eigenvalue weighted by atomic mass is 16.6. The lowest BCUT2D eigenvalue weighted by Gasteiger charge is -2.19. The van der Waals surface area contributed by atoms with E-state index >= 15 is 0 Å². The van der Waals surface area contributed by atoms with E-state index in [0.717, 1.165) is 23.2 Å². The molecule has 0 amide bonds. The maximum absolute atomic E-state index is 12.1. The fourth-order valence-electron chi connectivity index (χ4n) is 2.01. The van der Waals surface area contributed by atoms with Crippen molar-refractivity contribution in [1.29, 1.82) is 0 Å². The smallest absolute Gasteiger partial charge is 0.355 e. The van der Waals surface area contributed by atoms with E-state index in [1.807, 2.05) is 34.6 Å². The van der Waals surface area contributed by atoms with Crippen LogP contribution < -0.4 is 0 Å². The third kappa shape index (κ3) is 4.11. The monoisotopic (exact) mass is 281 g/mol. The molecule has 1 aromatic rings. The Hall–Kier alpha value is -1.78. The molecule has 0 atom stereocenters. The summed E-state index contributed by atoms with van der Waals surface area (Å²) in [5, 5.41) is 0. The molecule has 20 heavy (non-hydrogen) atoms. The van der Waals surface area contributed by atoms with Crippen LogP contribution in [0.15, 0.2) is 0 Å². The SMILES string of the molecule is CCc1c(COC(C)=O)[nH]c(C(=O)OC(C)(C)C)c1C. The van der Waals surface area contributed by atoms with Crippen molar-refractivity contribution >= 4 is 11.9 Å². The van der Waals surface area contributed by atoms with Gasteiger partial charge in [0, 0.05) is 6.92 Å². The number of nitrogens with one attached hydrogen (secondary N) is 1. The van der Waals surface area contributed by atoms with Gasteiger partial charge in [-0.2, -0.15) is 0 Å². The summed E-state index contributed by atoms with van der Waals surface area (Å²) in [5.74, 6) is -0.739. The van der Waals surface area contributed by atoms with Gasteiger partial charge in [-0.1, -0.05) is 6.92 Å². The van der Waals surface area contributed by atoms with E-state index in [2.05, 4.69) is 4.98 Å². The van der Waals surface area contributed by atoms with Gasteiger partial charge in [-0.25, -0.2) is 4.79 Å². The summed E-state index contributed by atoms with van der Waals surface area (Å²) in [6.45, 7) is 10.8. The summed E-state index contributed by atoms with van der Waals surface area (Å²) in [6.07, 6.45) is 0.752. The molecule has 1 aromatic heterocycles. The van der Waals surface area contributed by atoms with Crippen LogP contribution in [0.5, 0.6) is 0 Å². The van der Waals surface area contributed by atoms with Crippen molar-refractivity contribution in [2.45, 2.75) is 60.2 Å². The number of rotatable bonds is 4. The second-order valence-electron chi connectivity index (χ2n) is 5.72. The van der Waals surface area contributed by atoms with Crippen LogP contribution in [0.4, 0.5) is 0 Å². The Bertz CT molecular complexity index is 509. The Morgan fingerprint density at radius 1 is 1.25 bits per heavy atom. The molecule has 5 nitrogen and oxygen atoms in total. The normalized spacial score (nSPS) is 11.3. The first-order chi connectivity index (χ1) is 9.15.